The van der Waals surface area contributed by atoms with Gasteiger partial charge in [0.05, 0.1) is 18.8 Å². The van der Waals surface area contributed by atoms with E-state index < -0.39 is 0 Å². The molecule has 0 aromatic heterocycles. The zero-order valence-electron chi connectivity index (χ0n) is 11.0. The van der Waals surface area contributed by atoms with E-state index in [4.69, 9.17) is 14.2 Å². The summed E-state index contributed by atoms with van der Waals surface area (Å²) in [5.41, 5.74) is 0.511. The topological polar surface area (TPSA) is 44.8 Å². The van der Waals surface area contributed by atoms with E-state index in [0.717, 1.165) is 12.7 Å². The van der Waals surface area contributed by atoms with Gasteiger partial charge in [0.25, 0.3) is 0 Å². The number of aldehydes is 1. The van der Waals surface area contributed by atoms with Crippen LogP contribution in [0.15, 0.2) is 18.2 Å². The third kappa shape index (κ3) is 4.37. The van der Waals surface area contributed by atoms with Crippen LogP contribution in [0.25, 0.3) is 0 Å². The Morgan fingerprint density at radius 2 is 1.94 bits per heavy atom. The summed E-state index contributed by atoms with van der Waals surface area (Å²) in [4.78, 5) is 11.0. The number of rotatable bonds is 9. The Bertz CT molecular complexity index is 363. The Labute approximate surface area is 108 Å². The van der Waals surface area contributed by atoms with E-state index >= 15 is 0 Å². The van der Waals surface area contributed by atoms with Crippen LogP contribution in [-0.2, 0) is 4.74 Å². The first-order valence-electron chi connectivity index (χ1n) is 6.25. The molecule has 0 saturated carbocycles. The standard InChI is InChI=1S/C14H20O4/c1-3-16-9-6-10-18-14-12(11-15)7-5-8-13(14)17-4-2/h5,7-8,11H,3-4,6,9-10H2,1-2H3. The van der Waals surface area contributed by atoms with Crippen molar-refractivity contribution < 1.29 is 19.0 Å². The van der Waals surface area contributed by atoms with Crippen LogP contribution in [0.3, 0.4) is 0 Å². The lowest BCUT2D eigenvalue weighted by atomic mass is 10.2. The summed E-state index contributed by atoms with van der Waals surface area (Å²) in [5.74, 6) is 1.13. The molecule has 0 saturated heterocycles. The van der Waals surface area contributed by atoms with Crippen LogP contribution in [0, 0.1) is 0 Å². The second-order valence-electron chi connectivity index (χ2n) is 3.62. The normalized spacial score (nSPS) is 10.1. The molecule has 0 atom stereocenters. The van der Waals surface area contributed by atoms with Gasteiger partial charge in [0, 0.05) is 19.6 Å². The van der Waals surface area contributed by atoms with E-state index in [9.17, 15) is 4.79 Å². The number of para-hydroxylation sites is 1. The lowest BCUT2D eigenvalue weighted by Gasteiger charge is -2.13. The maximum atomic E-state index is 11.0. The van der Waals surface area contributed by atoms with E-state index in [0.29, 0.717) is 43.5 Å². The fourth-order valence-electron chi connectivity index (χ4n) is 1.53. The second-order valence-corrected chi connectivity index (χ2v) is 3.62. The van der Waals surface area contributed by atoms with Crippen molar-refractivity contribution in [3.05, 3.63) is 23.8 Å². The minimum Gasteiger partial charge on any atom is -0.490 e. The fraction of sp³-hybridized carbons (Fsp3) is 0.500. The average molecular weight is 252 g/mol. The van der Waals surface area contributed by atoms with Gasteiger partial charge >= 0.3 is 0 Å². The predicted octanol–water partition coefficient (Wildman–Crippen LogP) is 2.70. The Morgan fingerprint density at radius 1 is 1.11 bits per heavy atom. The van der Waals surface area contributed by atoms with Crippen LogP contribution in [0.2, 0.25) is 0 Å². The van der Waals surface area contributed by atoms with Gasteiger partial charge in [-0.05, 0) is 26.0 Å². The molecule has 0 fully saturated rings. The van der Waals surface area contributed by atoms with Gasteiger partial charge in [0.15, 0.2) is 17.8 Å². The fourth-order valence-corrected chi connectivity index (χ4v) is 1.53. The Hall–Kier alpha value is -1.55. The van der Waals surface area contributed by atoms with E-state index in [1.807, 2.05) is 13.8 Å². The van der Waals surface area contributed by atoms with Gasteiger partial charge in [-0.3, -0.25) is 4.79 Å². The van der Waals surface area contributed by atoms with Crippen LogP contribution < -0.4 is 9.47 Å². The van der Waals surface area contributed by atoms with Crippen molar-refractivity contribution in [2.45, 2.75) is 20.3 Å². The summed E-state index contributed by atoms with van der Waals surface area (Å²) >= 11 is 0. The first kappa shape index (κ1) is 14.5. The molecular weight excluding hydrogens is 232 g/mol. The molecule has 0 unspecified atom stereocenters. The summed E-state index contributed by atoms with van der Waals surface area (Å²) in [5, 5.41) is 0. The number of hydrogen-bond acceptors (Lipinski definition) is 4. The van der Waals surface area contributed by atoms with Gasteiger partial charge in [-0.1, -0.05) is 6.07 Å². The summed E-state index contributed by atoms with van der Waals surface area (Å²) in [7, 11) is 0. The van der Waals surface area contributed by atoms with E-state index in [-0.39, 0.29) is 0 Å². The molecule has 0 radical (unpaired) electrons. The highest BCUT2D eigenvalue weighted by Crippen LogP contribution is 2.30. The SMILES string of the molecule is CCOCCCOc1c(C=O)cccc1OCC. The molecule has 0 amide bonds. The maximum absolute atomic E-state index is 11.0. The number of carbonyl (C=O) groups excluding carboxylic acids is 1. The monoisotopic (exact) mass is 252 g/mol. The molecule has 1 aromatic rings. The van der Waals surface area contributed by atoms with Gasteiger partial charge in [0.1, 0.15) is 0 Å². The van der Waals surface area contributed by atoms with Crippen molar-refractivity contribution in [3.63, 3.8) is 0 Å². The smallest absolute Gasteiger partial charge is 0.171 e. The molecule has 4 heteroatoms. The Balaban J connectivity index is 2.62. The van der Waals surface area contributed by atoms with E-state index in [1.165, 1.54) is 0 Å². The van der Waals surface area contributed by atoms with E-state index in [1.54, 1.807) is 18.2 Å². The zero-order valence-corrected chi connectivity index (χ0v) is 11.0. The molecule has 0 spiro atoms. The second kappa shape index (κ2) is 8.53. The summed E-state index contributed by atoms with van der Waals surface area (Å²) in [6, 6.07) is 5.30. The van der Waals surface area contributed by atoms with Gasteiger partial charge in [-0.25, -0.2) is 0 Å². The highest BCUT2D eigenvalue weighted by molar-refractivity contribution is 5.81. The Kier molecular flexibility index (Phi) is 6.87. The molecule has 18 heavy (non-hydrogen) atoms. The lowest BCUT2D eigenvalue weighted by Crippen LogP contribution is -2.06. The Morgan fingerprint density at radius 3 is 2.61 bits per heavy atom. The number of ether oxygens (including phenoxy) is 3. The first-order valence-corrected chi connectivity index (χ1v) is 6.25. The minimum absolute atomic E-state index is 0.505. The summed E-state index contributed by atoms with van der Waals surface area (Å²) in [6.07, 6.45) is 1.56. The number of carbonyl (C=O) groups is 1. The molecule has 1 rings (SSSR count). The van der Waals surface area contributed by atoms with Gasteiger partial charge in [0.2, 0.25) is 0 Å². The molecular formula is C14H20O4. The molecule has 0 aliphatic heterocycles. The van der Waals surface area contributed by atoms with Gasteiger partial charge in [-0.15, -0.1) is 0 Å². The molecule has 0 bridgehead atoms. The van der Waals surface area contributed by atoms with Crippen LogP contribution >= 0.6 is 0 Å². The van der Waals surface area contributed by atoms with E-state index in [2.05, 4.69) is 0 Å². The van der Waals surface area contributed by atoms with Crippen molar-refractivity contribution in [2.24, 2.45) is 0 Å². The molecule has 0 aliphatic carbocycles. The third-order valence-corrected chi connectivity index (χ3v) is 2.32. The highest BCUT2D eigenvalue weighted by Gasteiger charge is 2.10. The molecule has 4 nitrogen and oxygen atoms in total. The average Bonchev–Trinajstić information content (AvgIpc) is 2.40. The van der Waals surface area contributed by atoms with Gasteiger partial charge in [-0.2, -0.15) is 0 Å². The van der Waals surface area contributed by atoms with Gasteiger partial charge < -0.3 is 14.2 Å². The molecule has 100 valence electrons. The summed E-state index contributed by atoms with van der Waals surface area (Å²) < 4.78 is 16.3. The molecule has 1 aromatic carbocycles. The van der Waals surface area contributed by atoms with Crippen molar-refractivity contribution in [3.8, 4) is 11.5 Å². The van der Waals surface area contributed by atoms with Crippen molar-refractivity contribution >= 4 is 6.29 Å². The van der Waals surface area contributed by atoms with Crippen molar-refractivity contribution in [1.82, 2.24) is 0 Å². The number of benzene rings is 1. The van der Waals surface area contributed by atoms with Crippen LogP contribution in [0.1, 0.15) is 30.6 Å². The first-order chi connectivity index (χ1) is 8.83. The molecule has 0 heterocycles. The third-order valence-electron chi connectivity index (χ3n) is 2.32. The molecule has 0 N–H and O–H groups in total. The number of hydrogen-bond donors (Lipinski definition) is 0. The van der Waals surface area contributed by atoms with Crippen LogP contribution in [-0.4, -0.2) is 32.7 Å². The maximum Gasteiger partial charge on any atom is 0.171 e. The van der Waals surface area contributed by atoms with Crippen LogP contribution in [0.5, 0.6) is 11.5 Å². The van der Waals surface area contributed by atoms with Crippen molar-refractivity contribution in [1.29, 1.82) is 0 Å². The quantitative estimate of drug-likeness (QED) is 0.500. The van der Waals surface area contributed by atoms with Crippen LogP contribution in [0.4, 0.5) is 0 Å². The predicted molar refractivity (Wildman–Crippen MR) is 69.6 cm³/mol. The van der Waals surface area contributed by atoms with Crippen molar-refractivity contribution in [2.75, 3.05) is 26.4 Å². The minimum atomic E-state index is 0.505. The highest BCUT2D eigenvalue weighted by atomic mass is 16.5. The zero-order chi connectivity index (χ0) is 13.2. The molecule has 0 aliphatic rings. The largest absolute Gasteiger partial charge is 0.490 e. The lowest BCUT2D eigenvalue weighted by molar-refractivity contribution is 0.111. The summed E-state index contributed by atoms with van der Waals surface area (Å²) in [6.45, 7) is 6.25.